The summed E-state index contributed by atoms with van der Waals surface area (Å²) in [4.78, 5) is 27.4. The molecule has 5 rings (SSSR count). The SMILES string of the molecule is CC(=O)c1ccc(-c2c(N3CCN(S(=O)(=O)Cc4ccccc4)CC3)cnn(-c3cc(F)cc(F)c3)c2=O)cc1. The van der Waals surface area contributed by atoms with E-state index in [1.807, 2.05) is 11.0 Å². The van der Waals surface area contributed by atoms with Crippen molar-refractivity contribution in [1.82, 2.24) is 14.1 Å². The molecule has 3 aromatic carbocycles. The van der Waals surface area contributed by atoms with Crippen molar-refractivity contribution >= 4 is 21.5 Å². The fourth-order valence-corrected chi connectivity index (χ4v) is 6.27. The molecule has 0 atom stereocenters. The molecule has 0 amide bonds. The minimum atomic E-state index is -3.55. The van der Waals surface area contributed by atoms with Crippen LogP contribution in [0.5, 0.6) is 0 Å². The van der Waals surface area contributed by atoms with Gasteiger partial charge in [-0.2, -0.15) is 14.1 Å². The smallest absolute Gasteiger partial charge is 0.281 e. The largest absolute Gasteiger partial charge is 0.367 e. The number of hydrogen-bond donors (Lipinski definition) is 0. The highest BCUT2D eigenvalue weighted by Gasteiger charge is 2.29. The van der Waals surface area contributed by atoms with E-state index in [2.05, 4.69) is 5.10 Å². The number of rotatable bonds is 7. The van der Waals surface area contributed by atoms with Gasteiger partial charge in [0.1, 0.15) is 11.6 Å². The molecule has 2 heterocycles. The fraction of sp³-hybridized carbons (Fsp3) is 0.207. The summed E-state index contributed by atoms with van der Waals surface area (Å²) in [5, 5.41) is 4.20. The average Bonchev–Trinajstić information content (AvgIpc) is 2.93. The number of Topliss-reactive ketones (excluding diaryl/α,β-unsaturated/α-hetero) is 1. The van der Waals surface area contributed by atoms with Crippen LogP contribution in [-0.2, 0) is 15.8 Å². The van der Waals surface area contributed by atoms with E-state index in [9.17, 15) is 26.8 Å². The highest BCUT2D eigenvalue weighted by molar-refractivity contribution is 7.88. The molecule has 0 radical (unpaired) electrons. The maximum Gasteiger partial charge on any atom is 0.281 e. The number of carbonyl (C=O) groups is 1. The van der Waals surface area contributed by atoms with Crippen LogP contribution in [0.4, 0.5) is 14.5 Å². The molecule has 0 aliphatic carbocycles. The Hall–Kier alpha value is -4.22. The van der Waals surface area contributed by atoms with Crippen LogP contribution in [0.1, 0.15) is 22.8 Å². The Kier molecular flexibility index (Phi) is 7.59. The number of halogens is 2. The van der Waals surface area contributed by atoms with Gasteiger partial charge in [-0.3, -0.25) is 9.59 Å². The number of sulfonamides is 1. The molecule has 8 nitrogen and oxygen atoms in total. The second kappa shape index (κ2) is 11.1. The van der Waals surface area contributed by atoms with Crippen LogP contribution in [0.25, 0.3) is 16.8 Å². The molecule has 0 spiro atoms. The first kappa shape index (κ1) is 27.4. The van der Waals surface area contributed by atoms with E-state index >= 15 is 0 Å². The number of ketones is 1. The van der Waals surface area contributed by atoms with Gasteiger partial charge < -0.3 is 4.90 Å². The predicted octanol–water partition coefficient (Wildman–Crippen LogP) is 4.03. The number of benzene rings is 3. The summed E-state index contributed by atoms with van der Waals surface area (Å²) in [7, 11) is -3.55. The minimum absolute atomic E-state index is 0.0764. The van der Waals surface area contributed by atoms with Crippen LogP contribution in [0.3, 0.4) is 0 Å². The zero-order valence-corrected chi connectivity index (χ0v) is 22.4. The van der Waals surface area contributed by atoms with E-state index < -0.39 is 27.2 Å². The summed E-state index contributed by atoms with van der Waals surface area (Å²) in [5.74, 6) is -1.95. The van der Waals surface area contributed by atoms with Gasteiger partial charge in [-0.05, 0) is 30.2 Å². The van der Waals surface area contributed by atoms with E-state index in [0.717, 1.165) is 16.8 Å². The molecule has 1 saturated heterocycles. The van der Waals surface area contributed by atoms with E-state index in [4.69, 9.17) is 0 Å². The topological polar surface area (TPSA) is 92.6 Å². The molecular weight excluding hydrogens is 538 g/mol. The normalized spacial score (nSPS) is 14.3. The van der Waals surface area contributed by atoms with Crippen LogP contribution >= 0.6 is 0 Å². The minimum Gasteiger partial charge on any atom is -0.367 e. The molecular formula is C29H26F2N4O4S. The Bertz CT molecular complexity index is 1700. The second-order valence-electron chi connectivity index (χ2n) is 9.51. The van der Waals surface area contributed by atoms with Gasteiger partial charge in [-0.1, -0.05) is 54.6 Å². The van der Waals surface area contributed by atoms with Crippen molar-refractivity contribution in [3.63, 3.8) is 0 Å². The van der Waals surface area contributed by atoms with Crippen molar-refractivity contribution in [2.45, 2.75) is 12.7 Å². The molecule has 0 saturated carbocycles. The van der Waals surface area contributed by atoms with E-state index in [0.29, 0.717) is 41.5 Å². The Morgan fingerprint density at radius 3 is 2.12 bits per heavy atom. The Morgan fingerprint density at radius 1 is 0.900 bits per heavy atom. The maximum atomic E-state index is 14.0. The van der Waals surface area contributed by atoms with Crippen LogP contribution in [0.15, 0.2) is 83.8 Å². The average molecular weight is 565 g/mol. The van der Waals surface area contributed by atoms with Gasteiger partial charge in [-0.15, -0.1) is 0 Å². The summed E-state index contributed by atoms with van der Waals surface area (Å²) >= 11 is 0. The van der Waals surface area contributed by atoms with E-state index in [-0.39, 0.29) is 35.9 Å². The second-order valence-corrected chi connectivity index (χ2v) is 11.5. The standard InChI is InChI=1S/C29H26F2N4O4S/c1-20(36)22-7-9-23(10-8-22)28-27(18-32-35(29(28)37)26-16-24(30)15-25(31)17-26)33-11-13-34(14-12-33)40(38,39)19-21-5-3-2-4-6-21/h2-10,15-18H,11-14,19H2,1H3. The van der Waals surface area contributed by atoms with Crippen LogP contribution in [-0.4, -0.2) is 54.5 Å². The molecule has 1 aliphatic rings. The van der Waals surface area contributed by atoms with Crippen molar-refractivity contribution < 1.29 is 22.0 Å². The predicted molar refractivity (Wildman–Crippen MR) is 148 cm³/mol. The van der Waals surface area contributed by atoms with Crippen molar-refractivity contribution in [3.05, 3.63) is 112 Å². The molecule has 4 aromatic rings. The quantitative estimate of drug-likeness (QED) is 0.315. The van der Waals surface area contributed by atoms with E-state index in [1.54, 1.807) is 48.5 Å². The molecule has 0 bridgehead atoms. The highest BCUT2D eigenvalue weighted by atomic mass is 32.2. The first-order valence-corrected chi connectivity index (χ1v) is 14.2. The van der Waals surface area contributed by atoms with E-state index in [1.165, 1.54) is 17.4 Å². The number of piperazine rings is 1. The van der Waals surface area contributed by atoms with Gasteiger partial charge in [0.15, 0.2) is 5.78 Å². The summed E-state index contributed by atoms with van der Waals surface area (Å²) in [6.45, 7) is 2.44. The summed E-state index contributed by atoms with van der Waals surface area (Å²) < 4.78 is 56.3. The Morgan fingerprint density at radius 2 is 1.52 bits per heavy atom. The molecule has 11 heteroatoms. The molecule has 1 aromatic heterocycles. The van der Waals surface area contributed by atoms with Gasteiger partial charge in [-0.25, -0.2) is 17.2 Å². The molecule has 206 valence electrons. The van der Waals surface area contributed by atoms with Gasteiger partial charge in [0.25, 0.3) is 5.56 Å². The van der Waals surface area contributed by atoms with Crippen LogP contribution < -0.4 is 10.5 Å². The lowest BCUT2D eigenvalue weighted by molar-refractivity contribution is 0.101. The summed E-state index contributed by atoms with van der Waals surface area (Å²) in [6.07, 6.45) is 1.44. The van der Waals surface area contributed by atoms with Crippen molar-refractivity contribution in [2.24, 2.45) is 0 Å². The molecule has 1 aliphatic heterocycles. The summed E-state index contributed by atoms with van der Waals surface area (Å²) in [5.41, 5.74) is 1.62. The molecule has 1 fully saturated rings. The molecule has 40 heavy (non-hydrogen) atoms. The van der Waals surface area contributed by atoms with Gasteiger partial charge >= 0.3 is 0 Å². The first-order chi connectivity index (χ1) is 19.1. The van der Waals surface area contributed by atoms with Gasteiger partial charge in [0.05, 0.1) is 28.9 Å². The Labute approximate surface area is 230 Å². The lowest BCUT2D eigenvalue weighted by Gasteiger charge is -2.36. The monoisotopic (exact) mass is 564 g/mol. The number of aromatic nitrogens is 2. The molecule has 0 unspecified atom stereocenters. The first-order valence-electron chi connectivity index (χ1n) is 12.6. The van der Waals surface area contributed by atoms with Crippen molar-refractivity contribution in [3.8, 4) is 16.8 Å². The van der Waals surface area contributed by atoms with Crippen molar-refractivity contribution in [2.75, 3.05) is 31.1 Å². The number of hydrogen-bond acceptors (Lipinski definition) is 6. The third-order valence-corrected chi connectivity index (χ3v) is 8.64. The third-order valence-electron chi connectivity index (χ3n) is 6.79. The zero-order chi connectivity index (χ0) is 28.4. The summed E-state index contributed by atoms with van der Waals surface area (Å²) in [6, 6.07) is 18.1. The van der Waals surface area contributed by atoms with Gasteiger partial charge in [0.2, 0.25) is 10.0 Å². The van der Waals surface area contributed by atoms with Crippen LogP contribution in [0.2, 0.25) is 0 Å². The highest BCUT2D eigenvalue weighted by Crippen LogP contribution is 2.29. The fourth-order valence-electron chi connectivity index (χ4n) is 4.76. The third kappa shape index (κ3) is 5.70. The van der Waals surface area contributed by atoms with Crippen LogP contribution in [0, 0.1) is 11.6 Å². The Balaban J connectivity index is 1.49. The zero-order valence-electron chi connectivity index (χ0n) is 21.6. The van der Waals surface area contributed by atoms with Gasteiger partial charge in [0, 0.05) is 37.8 Å². The van der Waals surface area contributed by atoms with Crippen molar-refractivity contribution in [1.29, 1.82) is 0 Å². The lowest BCUT2D eigenvalue weighted by atomic mass is 10.0. The number of anilines is 1. The molecule has 0 N–H and O–H groups in total. The lowest BCUT2D eigenvalue weighted by Crippen LogP contribution is -2.49. The number of nitrogens with zero attached hydrogens (tertiary/aromatic N) is 4. The maximum absolute atomic E-state index is 14.0. The number of carbonyl (C=O) groups excluding carboxylic acids is 1.